The van der Waals surface area contributed by atoms with Crippen LogP contribution in [-0.2, 0) is 16.1 Å². The van der Waals surface area contributed by atoms with E-state index in [0.717, 1.165) is 37.7 Å². The number of nitro groups is 1. The molecule has 0 unspecified atom stereocenters. The number of carbonyl (C=O) groups excluding carboxylic acids is 1. The molecule has 1 saturated heterocycles. The van der Waals surface area contributed by atoms with Gasteiger partial charge < -0.3 is 20.3 Å². The maximum Gasteiger partial charge on any atom is 0.269 e. The molecule has 1 aromatic carbocycles. The van der Waals surface area contributed by atoms with Gasteiger partial charge in [-0.2, -0.15) is 0 Å². The zero-order valence-electron chi connectivity index (χ0n) is 16.4. The van der Waals surface area contributed by atoms with E-state index in [0.29, 0.717) is 26.2 Å². The van der Waals surface area contributed by atoms with Gasteiger partial charge in [0.1, 0.15) is 0 Å². The number of nitrogens with zero attached hydrogens (tertiary/aromatic N) is 4. The van der Waals surface area contributed by atoms with Gasteiger partial charge in [0.2, 0.25) is 5.91 Å². The standard InChI is InChI=1S/C18H28N6O4/c1-19-18(21-13-15-4-3-5-16(12-15)24(26)27)23-9-7-22(8-10-23)14-17(25)20-6-11-28-2/h3-5,12H,6-11,13-14H2,1-2H3,(H,19,21)(H,20,25). The van der Waals surface area contributed by atoms with Gasteiger partial charge in [-0.1, -0.05) is 12.1 Å². The summed E-state index contributed by atoms with van der Waals surface area (Å²) in [7, 11) is 3.32. The topological polar surface area (TPSA) is 112 Å². The molecule has 2 N–H and O–H groups in total. The third kappa shape index (κ3) is 6.78. The fourth-order valence-electron chi connectivity index (χ4n) is 2.96. The summed E-state index contributed by atoms with van der Waals surface area (Å²) >= 11 is 0. The van der Waals surface area contributed by atoms with Crippen molar-refractivity contribution >= 4 is 17.6 Å². The molecule has 1 aliphatic rings. The average Bonchev–Trinajstić information content (AvgIpc) is 2.70. The van der Waals surface area contributed by atoms with Crippen molar-refractivity contribution in [1.82, 2.24) is 20.4 Å². The lowest BCUT2D eigenvalue weighted by atomic mass is 10.2. The summed E-state index contributed by atoms with van der Waals surface area (Å²) in [4.78, 5) is 30.9. The van der Waals surface area contributed by atoms with Crippen molar-refractivity contribution in [3.8, 4) is 0 Å². The second-order valence-corrected chi connectivity index (χ2v) is 6.43. The molecule has 28 heavy (non-hydrogen) atoms. The largest absolute Gasteiger partial charge is 0.383 e. The monoisotopic (exact) mass is 392 g/mol. The Labute approximate surface area is 164 Å². The number of nitrogens with one attached hydrogen (secondary N) is 2. The Hall–Kier alpha value is -2.72. The highest BCUT2D eigenvalue weighted by molar-refractivity contribution is 5.80. The number of guanidine groups is 1. The maximum absolute atomic E-state index is 11.9. The second-order valence-electron chi connectivity index (χ2n) is 6.43. The maximum atomic E-state index is 11.9. The van der Waals surface area contributed by atoms with Gasteiger partial charge in [0.15, 0.2) is 5.96 Å². The van der Waals surface area contributed by atoms with E-state index in [9.17, 15) is 14.9 Å². The highest BCUT2D eigenvalue weighted by Gasteiger charge is 2.21. The van der Waals surface area contributed by atoms with Crippen LogP contribution in [0.4, 0.5) is 5.69 Å². The number of methoxy groups -OCH3 is 1. The molecule has 0 spiro atoms. The summed E-state index contributed by atoms with van der Waals surface area (Å²) in [5.74, 6) is 0.745. The molecule has 0 radical (unpaired) electrons. The zero-order chi connectivity index (χ0) is 20.4. The molecule has 0 atom stereocenters. The number of carbonyl (C=O) groups is 1. The summed E-state index contributed by atoms with van der Waals surface area (Å²) in [6.07, 6.45) is 0. The number of nitro benzene ring substituents is 1. The van der Waals surface area contributed by atoms with Crippen LogP contribution in [0.2, 0.25) is 0 Å². The third-order valence-corrected chi connectivity index (χ3v) is 4.45. The van der Waals surface area contributed by atoms with Gasteiger partial charge in [0, 0.05) is 65.6 Å². The van der Waals surface area contributed by atoms with E-state index in [-0.39, 0.29) is 11.6 Å². The van der Waals surface area contributed by atoms with Gasteiger partial charge in [-0.3, -0.25) is 24.8 Å². The Morgan fingerprint density at radius 3 is 2.68 bits per heavy atom. The molecule has 0 bridgehead atoms. The Morgan fingerprint density at radius 2 is 2.04 bits per heavy atom. The van der Waals surface area contributed by atoms with Crippen molar-refractivity contribution in [1.29, 1.82) is 0 Å². The summed E-state index contributed by atoms with van der Waals surface area (Å²) in [6, 6.07) is 6.55. The van der Waals surface area contributed by atoms with Crippen molar-refractivity contribution < 1.29 is 14.5 Å². The van der Waals surface area contributed by atoms with E-state index in [1.54, 1.807) is 26.3 Å². The molecule has 0 saturated carbocycles. The molecule has 10 nitrogen and oxygen atoms in total. The van der Waals surface area contributed by atoms with Gasteiger partial charge >= 0.3 is 0 Å². The normalized spacial score (nSPS) is 15.4. The van der Waals surface area contributed by atoms with Crippen LogP contribution in [0.3, 0.4) is 0 Å². The zero-order valence-corrected chi connectivity index (χ0v) is 16.4. The number of hydrogen-bond acceptors (Lipinski definition) is 6. The minimum absolute atomic E-state index is 0.00122. The van der Waals surface area contributed by atoms with E-state index in [1.807, 2.05) is 6.07 Å². The fraction of sp³-hybridized carbons (Fsp3) is 0.556. The number of amides is 1. The van der Waals surface area contributed by atoms with Gasteiger partial charge in [-0.25, -0.2) is 0 Å². The second kappa shape index (κ2) is 11.2. The van der Waals surface area contributed by atoms with Crippen LogP contribution in [0.15, 0.2) is 29.3 Å². The summed E-state index contributed by atoms with van der Waals surface area (Å²) < 4.78 is 4.92. The summed E-state index contributed by atoms with van der Waals surface area (Å²) in [6.45, 7) is 4.87. The Morgan fingerprint density at radius 1 is 1.29 bits per heavy atom. The van der Waals surface area contributed by atoms with Crippen LogP contribution >= 0.6 is 0 Å². The van der Waals surface area contributed by atoms with Gasteiger partial charge in [-0.05, 0) is 5.56 Å². The first-order valence-corrected chi connectivity index (χ1v) is 9.20. The lowest BCUT2D eigenvalue weighted by Crippen LogP contribution is -2.54. The molecule has 2 rings (SSSR count). The Kier molecular flexibility index (Phi) is 8.63. The van der Waals surface area contributed by atoms with Crippen molar-refractivity contribution in [2.45, 2.75) is 6.54 Å². The first-order chi connectivity index (χ1) is 13.5. The van der Waals surface area contributed by atoms with E-state index in [4.69, 9.17) is 4.74 Å². The van der Waals surface area contributed by atoms with Crippen molar-refractivity contribution in [2.24, 2.45) is 4.99 Å². The van der Waals surface area contributed by atoms with Crippen LogP contribution in [0.5, 0.6) is 0 Å². The molecular weight excluding hydrogens is 364 g/mol. The Balaban J connectivity index is 1.78. The van der Waals surface area contributed by atoms with Crippen molar-refractivity contribution in [3.63, 3.8) is 0 Å². The quantitative estimate of drug-likeness (QED) is 0.211. The lowest BCUT2D eigenvalue weighted by Gasteiger charge is -2.36. The highest BCUT2D eigenvalue weighted by Crippen LogP contribution is 2.13. The third-order valence-electron chi connectivity index (χ3n) is 4.45. The molecule has 1 heterocycles. The number of hydrogen-bond donors (Lipinski definition) is 2. The van der Waals surface area contributed by atoms with E-state index in [2.05, 4.69) is 25.4 Å². The van der Waals surface area contributed by atoms with E-state index in [1.165, 1.54) is 6.07 Å². The first-order valence-electron chi connectivity index (χ1n) is 9.20. The number of rotatable bonds is 8. The predicted octanol–water partition coefficient (Wildman–Crippen LogP) is 0.0504. The average molecular weight is 392 g/mol. The summed E-state index contributed by atoms with van der Waals surface area (Å²) in [5, 5.41) is 17.0. The minimum atomic E-state index is -0.400. The summed E-state index contributed by atoms with van der Waals surface area (Å²) in [5.41, 5.74) is 0.897. The van der Waals surface area contributed by atoms with Crippen LogP contribution in [0.25, 0.3) is 0 Å². The van der Waals surface area contributed by atoms with E-state index >= 15 is 0 Å². The van der Waals surface area contributed by atoms with Crippen molar-refractivity contribution in [3.05, 3.63) is 39.9 Å². The van der Waals surface area contributed by atoms with Gasteiger partial charge in [-0.15, -0.1) is 0 Å². The number of benzene rings is 1. The van der Waals surface area contributed by atoms with Gasteiger partial charge in [0.25, 0.3) is 5.69 Å². The van der Waals surface area contributed by atoms with Crippen LogP contribution in [0, 0.1) is 10.1 Å². The number of piperazine rings is 1. The molecule has 10 heteroatoms. The van der Waals surface area contributed by atoms with Crippen LogP contribution < -0.4 is 10.6 Å². The Bertz CT molecular complexity index is 688. The van der Waals surface area contributed by atoms with E-state index < -0.39 is 4.92 Å². The first kappa shape index (κ1) is 21.6. The smallest absolute Gasteiger partial charge is 0.269 e. The van der Waals surface area contributed by atoms with Crippen LogP contribution in [-0.4, -0.2) is 86.6 Å². The molecule has 0 aromatic heterocycles. The molecule has 1 aliphatic heterocycles. The molecular formula is C18H28N6O4. The molecule has 0 aliphatic carbocycles. The predicted molar refractivity (Wildman–Crippen MR) is 106 cm³/mol. The fourth-order valence-corrected chi connectivity index (χ4v) is 2.96. The molecule has 154 valence electrons. The number of ether oxygens (including phenoxy) is 1. The van der Waals surface area contributed by atoms with Gasteiger partial charge in [0.05, 0.1) is 18.1 Å². The lowest BCUT2D eigenvalue weighted by molar-refractivity contribution is -0.384. The SMILES string of the molecule is CN=C(NCc1cccc([N+](=O)[O-])c1)N1CCN(CC(=O)NCCOC)CC1. The highest BCUT2D eigenvalue weighted by atomic mass is 16.6. The van der Waals surface area contributed by atoms with Crippen LogP contribution in [0.1, 0.15) is 5.56 Å². The minimum Gasteiger partial charge on any atom is -0.383 e. The molecule has 1 amide bonds. The molecule has 1 aromatic rings. The van der Waals surface area contributed by atoms with Crippen molar-refractivity contribution in [2.75, 3.05) is 60.0 Å². The molecule has 1 fully saturated rings. The number of aliphatic imine (C=N–C) groups is 1. The number of non-ortho nitro benzene ring substituents is 1.